The molecule has 0 aromatic heterocycles. The van der Waals surface area contributed by atoms with Crippen molar-refractivity contribution in [1.29, 1.82) is 0 Å². The molecular weight excluding hydrogens is 169 g/mol. The molecule has 14 heavy (non-hydrogen) atoms. The van der Waals surface area contributed by atoms with Crippen molar-refractivity contribution in [3.63, 3.8) is 0 Å². The molecule has 0 fully saturated rings. The van der Waals surface area contributed by atoms with Gasteiger partial charge in [0.15, 0.2) is 0 Å². The van der Waals surface area contributed by atoms with Gasteiger partial charge in [-0.1, -0.05) is 44.2 Å². The van der Waals surface area contributed by atoms with E-state index in [1.807, 2.05) is 44.2 Å². The van der Waals surface area contributed by atoms with Crippen LogP contribution in [0.15, 0.2) is 30.3 Å². The molecule has 1 aromatic rings. The molecular formula is C11H15LiNO. The van der Waals surface area contributed by atoms with Gasteiger partial charge >= 0.3 is 18.9 Å². The summed E-state index contributed by atoms with van der Waals surface area (Å²) < 4.78 is 0. The predicted molar refractivity (Wildman–Crippen MR) is 59.3 cm³/mol. The third kappa shape index (κ3) is 4.50. The first-order chi connectivity index (χ1) is 6.20. The van der Waals surface area contributed by atoms with Gasteiger partial charge in [-0.3, -0.25) is 4.79 Å². The summed E-state index contributed by atoms with van der Waals surface area (Å²) in [6.45, 7) is 4.21. The average Bonchev–Trinajstić information content (AvgIpc) is 2.15. The van der Waals surface area contributed by atoms with Crippen LogP contribution in [0.5, 0.6) is 0 Å². The van der Waals surface area contributed by atoms with Crippen LogP contribution in [0, 0.1) is 5.92 Å². The third-order valence-corrected chi connectivity index (χ3v) is 1.75. The molecule has 0 aliphatic heterocycles. The van der Waals surface area contributed by atoms with Crippen molar-refractivity contribution in [2.45, 2.75) is 20.4 Å². The molecule has 0 N–H and O–H groups in total. The van der Waals surface area contributed by atoms with E-state index in [1.165, 1.54) is 0 Å². The van der Waals surface area contributed by atoms with Crippen molar-refractivity contribution in [3.05, 3.63) is 35.9 Å². The van der Waals surface area contributed by atoms with Gasteiger partial charge in [0, 0.05) is 5.92 Å². The Bertz CT molecular complexity index is 272. The second-order valence-corrected chi connectivity index (χ2v) is 3.29. The van der Waals surface area contributed by atoms with Gasteiger partial charge in [0.25, 0.3) is 0 Å². The van der Waals surface area contributed by atoms with E-state index in [0.29, 0.717) is 6.54 Å². The van der Waals surface area contributed by atoms with Gasteiger partial charge in [-0.2, -0.15) is 0 Å². The van der Waals surface area contributed by atoms with Gasteiger partial charge in [-0.25, -0.2) is 5.32 Å². The molecule has 3 heteroatoms. The van der Waals surface area contributed by atoms with Gasteiger partial charge in [0.05, 0.1) is 6.54 Å². The Hall–Kier alpha value is -0.713. The van der Waals surface area contributed by atoms with Crippen LogP contribution < -0.4 is 5.32 Å². The molecule has 1 aromatic carbocycles. The van der Waals surface area contributed by atoms with Crippen LogP contribution in [-0.4, -0.2) is 24.8 Å². The Balaban J connectivity index is 0.00000169. The standard InChI is InChI=1S/C11H14NO.Li.H/c1-9(2)11(13)12-8-10-6-4-3-5-7-10;;/h3-7,9H,8H2,1-2H3;;. The minimum absolute atomic E-state index is 0. The monoisotopic (exact) mass is 184 g/mol. The molecule has 0 saturated heterocycles. The van der Waals surface area contributed by atoms with Gasteiger partial charge in [0.2, 0.25) is 5.91 Å². The SMILES string of the molecule is CC(C)C(=O)[N]Cc1ccccc1.[LiH]. The van der Waals surface area contributed by atoms with Gasteiger partial charge in [0.1, 0.15) is 0 Å². The minimum atomic E-state index is -0.0242. The van der Waals surface area contributed by atoms with Crippen molar-refractivity contribution >= 4 is 24.8 Å². The summed E-state index contributed by atoms with van der Waals surface area (Å²) in [7, 11) is 0. The maximum absolute atomic E-state index is 11.1. The molecule has 0 spiro atoms. The zero-order valence-corrected chi connectivity index (χ0v) is 8.03. The van der Waals surface area contributed by atoms with Crippen LogP contribution in [0.25, 0.3) is 0 Å². The van der Waals surface area contributed by atoms with E-state index in [4.69, 9.17) is 0 Å². The first-order valence-corrected chi connectivity index (χ1v) is 4.45. The second-order valence-electron chi connectivity index (χ2n) is 3.29. The van der Waals surface area contributed by atoms with Crippen LogP contribution in [-0.2, 0) is 11.3 Å². The van der Waals surface area contributed by atoms with E-state index >= 15 is 0 Å². The number of rotatable bonds is 3. The van der Waals surface area contributed by atoms with E-state index < -0.39 is 0 Å². The number of nitrogens with zero attached hydrogens (tertiary/aromatic N) is 1. The fourth-order valence-electron chi connectivity index (χ4n) is 0.935. The second kappa shape index (κ2) is 6.70. The van der Waals surface area contributed by atoms with E-state index in [0.717, 1.165) is 5.56 Å². The molecule has 1 rings (SSSR count). The van der Waals surface area contributed by atoms with E-state index in [2.05, 4.69) is 5.32 Å². The molecule has 1 amide bonds. The molecule has 0 unspecified atom stereocenters. The molecule has 0 atom stereocenters. The average molecular weight is 184 g/mol. The normalized spacial score (nSPS) is 9.36. The number of carbonyl (C=O) groups excluding carboxylic acids is 1. The van der Waals surface area contributed by atoms with Crippen molar-refractivity contribution < 1.29 is 4.79 Å². The van der Waals surface area contributed by atoms with Crippen molar-refractivity contribution in [1.82, 2.24) is 5.32 Å². The zero-order valence-electron chi connectivity index (χ0n) is 8.03. The third-order valence-electron chi connectivity index (χ3n) is 1.75. The van der Waals surface area contributed by atoms with Crippen LogP contribution in [0.4, 0.5) is 0 Å². The van der Waals surface area contributed by atoms with Gasteiger partial charge in [-0.15, -0.1) is 0 Å². The number of hydrogen-bond acceptors (Lipinski definition) is 1. The molecule has 0 aliphatic carbocycles. The van der Waals surface area contributed by atoms with Crippen LogP contribution in [0.3, 0.4) is 0 Å². The van der Waals surface area contributed by atoms with E-state index in [9.17, 15) is 4.79 Å². The molecule has 0 heterocycles. The van der Waals surface area contributed by atoms with Crippen LogP contribution >= 0.6 is 0 Å². The number of hydrogen-bond donors (Lipinski definition) is 0. The molecule has 0 saturated carbocycles. The molecule has 0 aliphatic rings. The van der Waals surface area contributed by atoms with Crippen molar-refractivity contribution in [2.24, 2.45) is 5.92 Å². The number of carbonyl (C=O) groups is 1. The molecule has 0 bridgehead atoms. The van der Waals surface area contributed by atoms with Crippen LogP contribution in [0.1, 0.15) is 19.4 Å². The summed E-state index contributed by atoms with van der Waals surface area (Å²) in [6, 6.07) is 9.79. The van der Waals surface area contributed by atoms with Gasteiger partial charge in [-0.05, 0) is 5.56 Å². The van der Waals surface area contributed by atoms with Crippen molar-refractivity contribution in [2.75, 3.05) is 0 Å². The van der Waals surface area contributed by atoms with Crippen molar-refractivity contribution in [3.8, 4) is 0 Å². The Kier molecular flexibility index (Phi) is 6.36. The predicted octanol–water partition coefficient (Wildman–Crippen LogP) is 1.33. The number of amides is 1. The summed E-state index contributed by atoms with van der Waals surface area (Å²) in [5.41, 5.74) is 1.08. The fourth-order valence-corrected chi connectivity index (χ4v) is 0.935. The summed E-state index contributed by atoms with van der Waals surface area (Å²) in [6.07, 6.45) is 0. The molecule has 71 valence electrons. The van der Waals surface area contributed by atoms with Gasteiger partial charge < -0.3 is 0 Å². The Morgan fingerprint density at radius 3 is 2.36 bits per heavy atom. The topological polar surface area (TPSA) is 31.2 Å². The first-order valence-electron chi connectivity index (χ1n) is 4.45. The summed E-state index contributed by atoms with van der Waals surface area (Å²) in [4.78, 5) is 11.1. The number of benzene rings is 1. The molecule has 2 nitrogen and oxygen atoms in total. The van der Waals surface area contributed by atoms with Crippen LogP contribution in [0.2, 0.25) is 0 Å². The Morgan fingerprint density at radius 1 is 1.29 bits per heavy atom. The first kappa shape index (κ1) is 13.3. The molecule has 1 radical (unpaired) electrons. The van der Waals surface area contributed by atoms with E-state index in [1.54, 1.807) is 0 Å². The summed E-state index contributed by atoms with van der Waals surface area (Å²) in [5.74, 6) is -0.0208. The zero-order chi connectivity index (χ0) is 9.68. The van der Waals surface area contributed by atoms with E-state index in [-0.39, 0.29) is 30.7 Å². The fraction of sp³-hybridized carbons (Fsp3) is 0.364. The summed E-state index contributed by atoms with van der Waals surface area (Å²) >= 11 is 0. The Labute approximate surface area is 97.3 Å². The maximum atomic E-state index is 11.1. The summed E-state index contributed by atoms with van der Waals surface area (Å²) in [5, 5.41) is 3.96. The Morgan fingerprint density at radius 2 is 1.86 bits per heavy atom. The quantitative estimate of drug-likeness (QED) is 0.652.